The number of hydrogen-bond acceptors (Lipinski definition) is 6. The highest BCUT2D eigenvalue weighted by Gasteiger charge is 2.32. The third kappa shape index (κ3) is 4.25. The van der Waals surface area contributed by atoms with E-state index in [1.807, 2.05) is 13.8 Å². The number of hydrogen-bond donors (Lipinski definition) is 2. The molecule has 1 unspecified atom stereocenters. The zero-order chi connectivity index (χ0) is 12.9. The number of carbonyl (C=O) groups is 1. The van der Waals surface area contributed by atoms with E-state index in [4.69, 9.17) is 0 Å². The summed E-state index contributed by atoms with van der Waals surface area (Å²) in [4.78, 5) is 15.4. The van der Waals surface area contributed by atoms with Gasteiger partial charge in [0.25, 0.3) is 0 Å². The van der Waals surface area contributed by atoms with Crippen molar-refractivity contribution in [2.45, 2.75) is 37.1 Å². The number of rotatable bonds is 7. The molecule has 0 spiro atoms. The Balaban J connectivity index is 2.58. The number of aryl methyl sites for hydroxylation is 1. The van der Waals surface area contributed by atoms with Gasteiger partial charge in [-0.25, -0.2) is 4.98 Å². The fourth-order valence-corrected chi connectivity index (χ4v) is 2.89. The second-order valence-corrected chi connectivity index (χ2v) is 5.93. The summed E-state index contributed by atoms with van der Waals surface area (Å²) in [7, 11) is 0. The maximum Gasteiger partial charge on any atom is 0.324 e. The highest BCUT2D eigenvalue weighted by Crippen LogP contribution is 2.24. The summed E-state index contributed by atoms with van der Waals surface area (Å²) >= 11 is 2.74. The van der Waals surface area contributed by atoms with Gasteiger partial charge in [-0.05, 0) is 38.3 Å². The lowest BCUT2D eigenvalue weighted by Crippen LogP contribution is -2.51. The van der Waals surface area contributed by atoms with Crippen LogP contribution in [-0.4, -0.2) is 38.3 Å². The molecule has 0 saturated carbocycles. The summed E-state index contributed by atoms with van der Waals surface area (Å²) in [6.07, 6.45) is 0.908. The first-order valence-corrected chi connectivity index (χ1v) is 7.15. The van der Waals surface area contributed by atoms with Crippen LogP contribution in [0.25, 0.3) is 0 Å². The Bertz CT molecular complexity index is 383. The molecule has 0 aromatic carbocycles. The summed E-state index contributed by atoms with van der Waals surface area (Å²) in [5.41, 5.74) is -0.916. The molecule has 1 heterocycles. The Morgan fingerprint density at radius 3 is 2.82 bits per heavy atom. The summed E-state index contributed by atoms with van der Waals surface area (Å²) in [5, 5.41) is 12.3. The summed E-state index contributed by atoms with van der Waals surface area (Å²) in [5.74, 6) is 0.340. The van der Waals surface area contributed by atoms with Crippen LogP contribution in [0.4, 0.5) is 0 Å². The molecule has 0 fully saturated rings. The van der Waals surface area contributed by atoms with Crippen molar-refractivity contribution in [2.24, 2.45) is 0 Å². The van der Waals surface area contributed by atoms with E-state index in [2.05, 4.69) is 14.7 Å². The van der Waals surface area contributed by atoms with E-state index in [1.165, 1.54) is 23.3 Å². The monoisotopic (exact) mass is 275 g/mol. The number of nitrogens with one attached hydrogen (secondary N) is 1. The number of nitrogens with zero attached hydrogens (tertiary/aromatic N) is 2. The quantitative estimate of drug-likeness (QED) is 0.739. The molecular formula is C10H17N3O2S2. The first kappa shape index (κ1) is 14.4. The van der Waals surface area contributed by atoms with Crippen molar-refractivity contribution < 1.29 is 9.90 Å². The Morgan fingerprint density at radius 1 is 1.65 bits per heavy atom. The molecule has 0 aliphatic carbocycles. The van der Waals surface area contributed by atoms with E-state index in [-0.39, 0.29) is 0 Å². The minimum absolute atomic E-state index is 0.441. The van der Waals surface area contributed by atoms with Crippen molar-refractivity contribution in [2.75, 3.05) is 12.3 Å². The van der Waals surface area contributed by atoms with Gasteiger partial charge in [0.05, 0.1) is 0 Å². The van der Waals surface area contributed by atoms with Gasteiger partial charge >= 0.3 is 5.97 Å². The molecule has 2 N–H and O–H groups in total. The molecule has 0 saturated heterocycles. The first-order chi connectivity index (χ1) is 7.98. The first-order valence-electron chi connectivity index (χ1n) is 5.39. The zero-order valence-corrected chi connectivity index (χ0v) is 11.8. The molecule has 1 aromatic rings. The summed E-state index contributed by atoms with van der Waals surface area (Å²) in [6.45, 7) is 6.23. The molecule has 96 valence electrons. The minimum Gasteiger partial charge on any atom is -0.480 e. The number of carboxylic acid groups (broad SMARTS) is 1. The molecule has 5 nitrogen and oxygen atoms in total. The van der Waals surface area contributed by atoms with Crippen molar-refractivity contribution in [3.8, 4) is 0 Å². The predicted octanol–water partition coefficient (Wildman–Crippen LogP) is 1.78. The van der Waals surface area contributed by atoms with Gasteiger partial charge in [0.1, 0.15) is 11.4 Å². The summed E-state index contributed by atoms with van der Waals surface area (Å²) < 4.78 is 4.88. The zero-order valence-electron chi connectivity index (χ0n) is 10.2. The molecule has 0 bridgehead atoms. The standard InChI is InChI=1S/C10H17N3O2S2/c1-4-5-11-10(3,8(14)15)6-16-9-12-7(2)13-17-9/h11H,4-6H2,1-3H3,(H,14,15). The van der Waals surface area contributed by atoms with Gasteiger partial charge in [0.15, 0.2) is 4.34 Å². The molecule has 1 aromatic heterocycles. The van der Waals surface area contributed by atoms with E-state index < -0.39 is 11.5 Å². The third-order valence-corrected chi connectivity index (χ3v) is 4.47. The smallest absolute Gasteiger partial charge is 0.324 e. The van der Waals surface area contributed by atoms with Crippen LogP contribution >= 0.6 is 23.3 Å². The second kappa shape index (κ2) is 6.32. The van der Waals surface area contributed by atoms with Gasteiger partial charge in [-0.2, -0.15) is 4.37 Å². The largest absolute Gasteiger partial charge is 0.480 e. The van der Waals surface area contributed by atoms with Gasteiger partial charge < -0.3 is 10.4 Å². The topological polar surface area (TPSA) is 75.1 Å². The SMILES string of the molecule is CCCNC(C)(CSc1nc(C)ns1)C(=O)O. The van der Waals surface area contributed by atoms with Crippen molar-refractivity contribution in [1.29, 1.82) is 0 Å². The molecule has 0 amide bonds. The van der Waals surface area contributed by atoms with E-state index in [9.17, 15) is 9.90 Å². The fourth-order valence-electron chi connectivity index (χ4n) is 1.13. The summed E-state index contributed by atoms with van der Waals surface area (Å²) in [6, 6.07) is 0. The van der Waals surface area contributed by atoms with Crippen LogP contribution in [0.3, 0.4) is 0 Å². The van der Waals surface area contributed by atoms with Crippen LogP contribution in [-0.2, 0) is 4.79 Å². The van der Waals surface area contributed by atoms with E-state index in [0.29, 0.717) is 12.3 Å². The lowest BCUT2D eigenvalue weighted by molar-refractivity contribution is -0.143. The molecule has 0 radical (unpaired) electrons. The maximum atomic E-state index is 11.2. The second-order valence-electron chi connectivity index (χ2n) is 3.96. The Morgan fingerprint density at radius 2 is 2.35 bits per heavy atom. The van der Waals surface area contributed by atoms with E-state index in [1.54, 1.807) is 6.92 Å². The van der Waals surface area contributed by atoms with Gasteiger partial charge in [0.2, 0.25) is 0 Å². The Labute approximate surface area is 109 Å². The molecule has 0 aliphatic rings. The average Bonchev–Trinajstić information content (AvgIpc) is 2.69. The molecule has 0 aliphatic heterocycles. The van der Waals surface area contributed by atoms with E-state index in [0.717, 1.165) is 16.6 Å². The third-order valence-electron chi connectivity index (χ3n) is 2.23. The Kier molecular flexibility index (Phi) is 5.35. The number of carboxylic acids is 1. The van der Waals surface area contributed by atoms with E-state index >= 15 is 0 Å². The Hall–Kier alpha value is -0.660. The van der Waals surface area contributed by atoms with Gasteiger partial charge in [0, 0.05) is 5.75 Å². The molecular weight excluding hydrogens is 258 g/mol. The van der Waals surface area contributed by atoms with Crippen molar-refractivity contribution in [1.82, 2.24) is 14.7 Å². The van der Waals surface area contributed by atoms with Gasteiger partial charge in [-0.1, -0.05) is 18.7 Å². The highest BCUT2D eigenvalue weighted by molar-refractivity contribution is 8.01. The van der Waals surface area contributed by atoms with Crippen LogP contribution in [0.5, 0.6) is 0 Å². The van der Waals surface area contributed by atoms with Crippen LogP contribution in [0, 0.1) is 6.92 Å². The van der Waals surface area contributed by atoms with Crippen LogP contribution in [0.2, 0.25) is 0 Å². The van der Waals surface area contributed by atoms with Crippen LogP contribution in [0.1, 0.15) is 26.1 Å². The fraction of sp³-hybridized carbons (Fsp3) is 0.700. The van der Waals surface area contributed by atoms with Gasteiger partial charge in [-0.15, -0.1) is 0 Å². The van der Waals surface area contributed by atoms with Crippen molar-refractivity contribution in [3.63, 3.8) is 0 Å². The number of aliphatic carboxylic acids is 1. The number of aromatic nitrogens is 2. The molecule has 1 atom stereocenters. The maximum absolute atomic E-state index is 11.2. The minimum atomic E-state index is -0.916. The predicted molar refractivity (Wildman–Crippen MR) is 69.7 cm³/mol. The van der Waals surface area contributed by atoms with Crippen molar-refractivity contribution >= 4 is 29.3 Å². The molecule has 1 rings (SSSR count). The van der Waals surface area contributed by atoms with Crippen LogP contribution < -0.4 is 5.32 Å². The highest BCUT2D eigenvalue weighted by atomic mass is 32.2. The molecule has 17 heavy (non-hydrogen) atoms. The van der Waals surface area contributed by atoms with Crippen molar-refractivity contribution in [3.05, 3.63) is 5.82 Å². The molecule has 7 heteroatoms. The lowest BCUT2D eigenvalue weighted by Gasteiger charge is -2.25. The average molecular weight is 275 g/mol. The lowest BCUT2D eigenvalue weighted by atomic mass is 10.1. The number of thioether (sulfide) groups is 1. The van der Waals surface area contributed by atoms with Crippen LogP contribution in [0.15, 0.2) is 4.34 Å². The normalized spacial score (nSPS) is 14.5. The van der Waals surface area contributed by atoms with Gasteiger partial charge in [-0.3, -0.25) is 4.79 Å².